The molecule has 1 aromatic rings. The van der Waals surface area contributed by atoms with Gasteiger partial charge in [-0.25, -0.2) is 12.7 Å². The van der Waals surface area contributed by atoms with Crippen molar-refractivity contribution in [2.75, 3.05) is 31.9 Å². The third kappa shape index (κ3) is 6.44. The Balaban J connectivity index is 1.91. The third-order valence-electron chi connectivity index (χ3n) is 4.37. The number of benzene rings is 1. The number of carbonyl (C=O) groups excluding carboxylic acids is 1. The van der Waals surface area contributed by atoms with Gasteiger partial charge in [-0.1, -0.05) is 51.1 Å². The van der Waals surface area contributed by atoms with Crippen molar-refractivity contribution in [2.45, 2.75) is 40.0 Å². The Morgan fingerprint density at radius 3 is 2.36 bits per heavy atom. The molecule has 0 N–H and O–H groups in total. The first-order chi connectivity index (χ1) is 11.7. The Labute approximate surface area is 152 Å². The first-order valence-electron chi connectivity index (χ1n) is 8.97. The van der Waals surface area contributed by atoms with Crippen LogP contribution in [0.5, 0.6) is 0 Å². The normalized spacial score (nSPS) is 17.3. The maximum atomic E-state index is 12.6. The van der Waals surface area contributed by atoms with E-state index in [0.717, 1.165) is 5.56 Å². The Morgan fingerprint density at radius 1 is 1.04 bits per heavy atom. The second-order valence-corrected chi connectivity index (χ2v) is 10.0. The van der Waals surface area contributed by atoms with Crippen LogP contribution in [0, 0.1) is 5.41 Å². The Morgan fingerprint density at radius 2 is 1.72 bits per heavy atom. The summed E-state index contributed by atoms with van der Waals surface area (Å²) < 4.78 is 26.8. The smallest absolute Gasteiger partial charge is 0.223 e. The van der Waals surface area contributed by atoms with Crippen molar-refractivity contribution in [1.29, 1.82) is 0 Å². The molecular weight excluding hydrogens is 336 g/mol. The summed E-state index contributed by atoms with van der Waals surface area (Å²) in [4.78, 5) is 14.2. The summed E-state index contributed by atoms with van der Waals surface area (Å²) in [7, 11) is -3.29. The molecule has 0 spiro atoms. The van der Waals surface area contributed by atoms with Crippen LogP contribution < -0.4 is 0 Å². The number of nitrogens with zero attached hydrogens (tertiary/aromatic N) is 2. The quantitative estimate of drug-likeness (QED) is 0.805. The number of rotatable bonds is 5. The summed E-state index contributed by atoms with van der Waals surface area (Å²) in [5.74, 6) is 0.239. The Hall–Kier alpha value is -1.40. The summed E-state index contributed by atoms with van der Waals surface area (Å²) in [5, 5.41) is 0. The zero-order valence-corrected chi connectivity index (χ0v) is 16.4. The van der Waals surface area contributed by atoms with Crippen LogP contribution in [-0.4, -0.2) is 55.5 Å². The average molecular weight is 367 g/mol. The molecule has 0 aromatic heterocycles. The predicted octanol–water partition coefficient (Wildman–Crippen LogP) is 2.53. The van der Waals surface area contributed by atoms with Crippen LogP contribution in [0.3, 0.4) is 0 Å². The van der Waals surface area contributed by atoms with Crippen LogP contribution in [0.25, 0.3) is 0 Å². The van der Waals surface area contributed by atoms with E-state index in [4.69, 9.17) is 0 Å². The van der Waals surface area contributed by atoms with Gasteiger partial charge >= 0.3 is 0 Å². The van der Waals surface area contributed by atoms with E-state index in [9.17, 15) is 13.2 Å². The van der Waals surface area contributed by atoms with E-state index in [0.29, 0.717) is 45.4 Å². The van der Waals surface area contributed by atoms with Gasteiger partial charge in [0.15, 0.2) is 0 Å². The zero-order chi connectivity index (χ0) is 18.5. The number of hydrogen-bond acceptors (Lipinski definition) is 3. The summed E-state index contributed by atoms with van der Waals surface area (Å²) in [5.41, 5.74) is 0.980. The highest BCUT2D eigenvalue weighted by molar-refractivity contribution is 7.89. The molecule has 1 aliphatic rings. The lowest BCUT2D eigenvalue weighted by molar-refractivity contribution is -0.132. The number of hydrogen-bond donors (Lipinski definition) is 0. The van der Waals surface area contributed by atoms with Gasteiger partial charge in [0.2, 0.25) is 15.9 Å². The molecule has 1 amide bonds. The topological polar surface area (TPSA) is 57.7 Å². The number of carbonyl (C=O) groups is 1. The number of amides is 1. The fourth-order valence-corrected chi connectivity index (χ4v) is 4.53. The van der Waals surface area contributed by atoms with Crippen molar-refractivity contribution in [3.05, 3.63) is 35.9 Å². The van der Waals surface area contributed by atoms with Crippen molar-refractivity contribution in [2.24, 2.45) is 5.41 Å². The minimum atomic E-state index is -3.29. The molecule has 6 heteroatoms. The molecule has 1 aromatic carbocycles. The van der Waals surface area contributed by atoms with Crippen LogP contribution in [0.2, 0.25) is 0 Å². The molecular formula is C19H30N2O3S. The summed E-state index contributed by atoms with van der Waals surface area (Å²) in [6.45, 7) is 8.15. The van der Waals surface area contributed by atoms with Crippen molar-refractivity contribution in [3.63, 3.8) is 0 Å². The highest BCUT2D eigenvalue weighted by Crippen LogP contribution is 2.21. The standard InChI is InChI=1S/C19H30N2O3S/c1-19(2,3)16-18(22)20-11-7-12-21(14-13-20)25(23,24)15-10-17-8-5-4-6-9-17/h4-6,8-9H,7,10-16H2,1-3H3. The van der Waals surface area contributed by atoms with Crippen LogP contribution in [0.4, 0.5) is 0 Å². The molecule has 0 atom stereocenters. The monoisotopic (exact) mass is 366 g/mol. The van der Waals surface area contributed by atoms with E-state index < -0.39 is 10.0 Å². The van der Waals surface area contributed by atoms with Gasteiger partial charge in [-0.3, -0.25) is 4.79 Å². The van der Waals surface area contributed by atoms with E-state index in [-0.39, 0.29) is 17.1 Å². The molecule has 0 radical (unpaired) electrons. The SMILES string of the molecule is CC(C)(C)CC(=O)N1CCCN(S(=O)(=O)CCc2ccccc2)CC1. The highest BCUT2D eigenvalue weighted by atomic mass is 32.2. The van der Waals surface area contributed by atoms with E-state index >= 15 is 0 Å². The van der Waals surface area contributed by atoms with Gasteiger partial charge in [-0.15, -0.1) is 0 Å². The van der Waals surface area contributed by atoms with Gasteiger partial charge in [-0.05, 0) is 23.8 Å². The fraction of sp³-hybridized carbons (Fsp3) is 0.632. The molecule has 0 bridgehead atoms. The van der Waals surface area contributed by atoms with Crippen LogP contribution in [0.15, 0.2) is 30.3 Å². The summed E-state index contributed by atoms with van der Waals surface area (Å²) in [6, 6.07) is 9.67. The second-order valence-electron chi connectivity index (χ2n) is 7.92. The second kappa shape index (κ2) is 8.32. The molecule has 1 fully saturated rings. The first kappa shape index (κ1) is 19.9. The van der Waals surface area contributed by atoms with E-state index in [1.54, 1.807) is 4.31 Å². The lowest BCUT2D eigenvalue weighted by Crippen LogP contribution is -2.39. The van der Waals surface area contributed by atoms with Crippen molar-refractivity contribution < 1.29 is 13.2 Å². The van der Waals surface area contributed by atoms with Gasteiger partial charge in [0.05, 0.1) is 5.75 Å². The Kier molecular flexibility index (Phi) is 6.63. The molecule has 0 unspecified atom stereocenters. The van der Waals surface area contributed by atoms with Crippen LogP contribution in [-0.2, 0) is 21.2 Å². The van der Waals surface area contributed by atoms with E-state index in [1.165, 1.54) is 0 Å². The van der Waals surface area contributed by atoms with Gasteiger partial charge in [0.25, 0.3) is 0 Å². The van der Waals surface area contributed by atoms with Crippen LogP contribution in [0.1, 0.15) is 39.2 Å². The number of sulfonamides is 1. The fourth-order valence-electron chi connectivity index (χ4n) is 3.01. The van der Waals surface area contributed by atoms with Gasteiger partial charge in [0.1, 0.15) is 0 Å². The van der Waals surface area contributed by atoms with E-state index in [2.05, 4.69) is 0 Å². The lowest BCUT2D eigenvalue weighted by atomic mass is 9.91. The minimum Gasteiger partial charge on any atom is -0.341 e. The molecule has 2 rings (SSSR count). The molecule has 25 heavy (non-hydrogen) atoms. The lowest BCUT2D eigenvalue weighted by Gasteiger charge is -2.25. The molecule has 140 valence electrons. The molecule has 1 saturated heterocycles. The maximum absolute atomic E-state index is 12.6. The largest absolute Gasteiger partial charge is 0.341 e. The maximum Gasteiger partial charge on any atom is 0.223 e. The zero-order valence-electron chi connectivity index (χ0n) is 15.6. The molecule has 0 saturated carbocycles. The molecule has 1 heterocycles. The third-order valence-corrected chi connectivity index (χ3v) is 6.25. The van der Waals surface area contributed by atoms with Gasteiger partial charge < -0.3 is 4.90 Å². The summed E-state index contributed by atoms with van der Waals surface area (Å²) >= 11 is 0. The van der Waals surface area contributed by atoms with Crippen molar-refractivity contribution in [1.82, 2.24) is 9.21 Å². The number of aryl methyl sites for hydroxylation is 1. The minimum absolute atomic E-state index is 0.0508. The molecule has 5 nitrogen and oxygen atoms in total. The van der Waals surface area contributed by atoms with Gasteiger partial charge in [-0.2, -0.15) is 0 Å². The summed E-state index contributed by atoms with van der Waals surface area (Å²) in [6.07, 6.45) is 1.71. The predicted molar refractivity (Wildman–Crippen MR) is 101 cm³/mol. The van der Waals surface area contributed by atoms with Gasteiger partial charge in [0, 0.05) is 32.6 Å². The van der Waals surface area contributed by atoms with Crippen LogP contribution >= 0.6 is 0 Å². The molecule has 0 aliphatic carbocycles. The molecule has 1 aliphatic heterocycles. The van der Waals surface area contributed by atoms with Crippen molar-refractivity contribution >= 4 is 15.9 Å². The first-order valence-corrected chi connectivity index (χ1v) is 10.6. The van der Waals surface area contributed by atoms with E-state index in [1.807, 2.05) is 56.0 Å². The Bertz CT molecular complexity index is 666. The van der Waals surface area contributed by atoms with Crippen molar-refractivity contribution in [3.8, 4) is 0 Å². The average Bonchev–Trinajstić information content (AvgIpc) is 2.79. The highest BCUT2D eigenvalue weighted by Gasteiger charge is 2.28.